The summed E-state index contributed by atoms with van der Waals surface area (Å²) in [6, 6.07) is 15.2. The van der Waals surface area contributed by atoms with Crippen molar-refractivity contribution in [1.82, 2.24) is 14.2 Å². The average Bonchev–Trinajstić information content (AvgIpc) is 2.84. The molecule has 0 bridgehead atoms. The summed E-state index contributed by atoms with van der Waals surface area (Å²) in [6.45, 7) is 3.64. The summed E-state index contributed by atoms with van der Waals surface area (Å²) in [7, 11) is -3.48. The van der Waals surface area contributed by atoms with Crippen molar-refractivity contribution in [2.45, 2.75) is 12.8 Å². The van der Waals surface area contributed by atoms with Crippen LogP contribution in [0.3, 0.4) is 0 Å². The molecule has 2 aliphatic heterocycles. The van der Waals surface area contributed by atoms with Crippen LogP contribution in [0.4, 0.5) is 5.82 Å². The molecule has 2 aromatic rings. The molecule has 0 atom stereocenters. The van der Waals surface area contributed by atoms with E-state index in [1.54, 1.807) is 12.3 Å². The Labute approximate surface area is 184 Å². The molecular weight excluding hydrogens is 412 g/mol. The van der Waals surface area contributed by atoms with Crippen molar-refractivity contribution in [2.24, 2.45) is 5.92 Å². The Balaban J connectivity index is 1.28. The molecule has 1 aromatic carbocycles. The standard InChI is InChI=1S/C23H28N4O3S/c28-23(26-17-15-25(16-18-26)22-8-4-5-12-24-22)21-9-13-27(14-10-21)31(29,30)19-11-20-6-2-1-3-7-20/h1-8,11-12,19,21H,9-10,13-18H2/b19-11+. The number of sulfonamides is 1. The number of piperazine rings is 1. The molecule has 2 aliphatic rings. The molecule has 0 N–H and O–H groups in total. The first kappa shape index (κ1) is 21.5. The first-order valence-corrected chi connectivity index (χ1v) is 12.2. The van der Waals surface area contributed by atoms with Crippen LogP contribution in [0.2, 0.25) is 0 Å². The smallest absolute Gasteiger partial charge is 0.236 e. The third kappa shape index (κ3) is 5.32. The predicted octanol–water partition coefficient (Wildman–Crippen LogP) is 2.44. The predicted molar refractivity (Wildman–Crippen MR) is 122 cm³/mol. The van der Waals surface area contributed by atoms with Crippen LogP contribution in [-0.2, 0) is 14.8 Å². The summed E-state index contributed by atoms with van der Waals surface area (Å²) < 4.78 is 26.8. The van der Waals surface area contributed by atoms with E-state index in [4.69, 9.17) is 0 Å². The number of rotatable bonds is 5. The molecule has 2 fully saturated rings. The zero-order valence-corrected chi connectivity index (χ0v) is 18.3. The summed E-state index contributed by atoms with van der Waals surface area (Å²) in [6.07, 6.45) is 4.53. The Morgan fingerprint density at radius 1 is 0.903 bits per heavy atom. The number of nitrogens with zero attached hydrogens (tertiary/aromatic N) is 4. The largest absolute Gasteiger partial charge is 0.353 e. The molecule has 7 nitrogen and oxygen atoms in total. The minimum absolute atomic E-state index is 0.106. The number of pyridine rings is 1. The van der Waals surface area contributed by atoms with Gasteiger partial charge in [0.15, 0.2) is 0 Å². The third-order valence-electron chi connectivity index (χ3n) is 5.96. The van der Waals surface area contributed by atoms with E-state index in [0.717, 1.165) is 24.5 Å². The summed E-state index contributed by atoms with van der Waals surface area (Å²) in [5, 5.41) is 1.27. The van der Waals surface area contributed by atoms with Gasteiger partial charge in [-0.2, -0.15) is 4.31 Å². The number of carbonyl (C=O) groups excluding carboxylic acids is 1. The van der Waals surface area contributed by atoms with Gasteiger partial charge in [-0.25, -0.2) is 13.4 Å². The van der Waals surface area contributed by atoms with Crippen LogP contribution in [0.15, 0.2) is 60.1 Å². The maximum absolute atomic E-state index is 13.0. The van der Waals surface area contributed by atoms with Crippen LogP contribution < -0.4 is 4.90 Å². The second-order valence-electron chi connectivity index (χ2n) is 7.93. The van der Waals surface area contributed by atoms with Gasteiger partial charge < -0.3 is 9.80 Å². The molecule has 8 heteroatoms. The lowest BCUT2D eigenvalue weighted by Gasteiger charge is -2.38. The van der Waals surface area contributed by atoms with Crippen LogP contribution in [0.25, 0.3) is 6.08 Å². The van der Waals surface area contributed by atoms with Crippen molar-refractivity contribution in [1.29, 1.82) is 0 Å². The lowest BCUT2D eigenvalue weighted by Crippen LogP contribution is -2.52. The molecule has 31 heavy (non-hydrogen) atoms. The fraction of sp³-hybridized carbons (Fsp3) is 0.391. The molecule has 0 unspecified atom stereocenters. The van der Waals surface area contributed by atoms with E-state index in [1.165, 1.54) is 9.71 Å². The van der Waals surface area contributed by atoms with Gasteiger partial charge in [0.1, 0.15) is 5.82 Å². The number of benzene rings is 1. The normalized spacial score (nSPS) is 19.1. The molecular formula is C23H28N4O3S. The van der Waals surface area contributed by atoms with Crippen LogP contribution in [0.1, 0.15) is 18.4 Å². The second kappa shape index (κ2) is 9.62. The van der Waals surface area contributed by atoms with E-state index in [1.807, 2.05) is 53.4 Å². The van der Waals surface area contributed by atoms with Gasteiger partial charge in [0.05, 0.1) is 0 Å². The fourth-order valence-corrected chi connectivity index (χ4v) is 5.35. The minimum atomic E-state index is -3.48. The molecule has 0 aliphatic carbocycles. The molecule has 164 valence electrons. The van der Waals surface area contributed by atoms with Gasteiger partial charge in [0.2, 0.25) is 15.9 Å². The average molecular weight is 441 g/mol. The van der Waals surface area contributed by atoms with Gasteiger partial charge in [-0.15, -0.1) is 0 Å². The molecule has 4 rings (SSSR count). The molecule has 1 amide bonds. The minimum Gasteiger partial charge on any atom is -0.353 e. The summed E-state index contributed by atoms with van der Waals surface area (Å²) in [5.74, 6) is 0.986. The van der Waals surface area contributed by atoms with E-state index in [0.29, 0.717) is 39.0 Å². The number of anilines is 1. The number of carbonyl (C=O) groups is 1. The van der Waals surface area contributed by atoms with Crippen molar-refractivity contribution in [3.05, 3.63) is 65.7 Å². The quantitative estimate of drug-likeness (QED) is 0.714. The van der Waals surface area contributed by atoms with E-state index in [9.17, 15) is 13.2 Å². The van der Waals surface area contributed by atoms with Gasteiger partial charge in [-0.05, 0) is 36.6 Å². The fourth-order valence-electron chi connectivity index (χ4n) is 4.13. The zero-order chi connectivity index (χ0) is 21.7. The van der Waals surface area contributed by atoms with Crippen LogP contribution >= 0.6 is 0 Å². The van der Waals surface area contributed by atoms with E-state index in [2.05, 4.69) is 9.88 Å². The molecule has 1 aromatic heterocycles. The van der Waals surface area contributed by atoms with Crippen molar-refractivity contribution in [3.63, 3.8) is 0 Å². The van der Waals surface area contributed by atoms with Crippen LogP contribution in [0.5, 0.6) is 0 Å². The van der Waals surface area contributed by atoms with Crippen LogP contribution in [0, 0.1) is 5.92 Å². The van der Waals surface area contributed by atoms with Crippen molar-refractivity contribution in [2.75, 3.05) is 44.2 Å². The SMILES string of the molecule is O=C(C1CCN(S(=O)(=O)/C=C/c2ccccc2)CC1)N1CCN(c2ccccn2)CC1. The number of hydrogen-bond acceptors (Lipinski definition) is 5. The Hall–Kier alpha value is -2.71. The van der Waals surface area contributed by atoms with E-state index in [-0.39, 0.29) is 11.8 Å². The third-order valence-corrected chi connectivity index (χ3v) is 7.52. The Morgan fingerprint density at radius 2 is 1.58 bits per heavy atom. The molecule has 0 radical (unpaired) electrons. The van der Waals surface area contributed by atoms with Gasteiger partial charge in [0, 0.05) is 56.8 Å². The zero-order valence-electron chi connectivity index (χ0n) is 17.5. The summed E-state index contributed by atoms with van der Waals surface area (Å²) in [4.78, 5) is 21.5. The van der Waals surface area contributed by atoms with Crippen molar-refractivity contribution < 1.29 is 13.2 Å². The lowest BCUT2D eigenvalue weighted by atomic mass is 9.96. The highest BCUT2D eigenvalue weighted by molar-refractivity contribution is 7.92. The topological polar surface area (TPSA) is 73.8 Å². The lowest BCUT2D eigenvalue weighted by molar-refractivity contribution is -0.137. The van der Waals surface area contributed by atoms with E-state index >= 15 is 0 Å². The Bertz CT molecular complexity index is 996. The molecule has 0 saturated carbocycles. The van der Waals surface area contributed by atoms with Gasteiger partial charge in [-0.1, -0.05) is 36.4 Å². The first-order chi connectivity index (χ1) is 15.0. The maximum Gasteiger partial charge on any atom is 0.236 e. The van der Waals surface area contributed by atoms with Crippen LogP contribution in [-0.4, -0.2) is 67.8 Å². The van der Waals surface area contributed by atoms with E-state index < -0.39 is 10.0 Å². The van der Waals surface area contributed by atoms with Crippen molar-refractivity contribution in [3.8, 4) is 0 Å². The Kier molecular flexibility index (Phi) is 6.67. The highest BCUT2D eigenvalue weighted by atomic mass is 32.2. The molecule has 3 heterocycles. The molecule has 2 saturated heterocycles. The molecule has 0 spiro atoms. The highest BCUT2D eigenvalue weighted by Crippen LogP contribution is 2.24. The monoisotopic (exact) mass is 440 g/mol. The van der Waals surface area contributed by atoms with Gasteiger partial charge in [0.25, 0.3) is 0 Å². The summed E-state index contributed by atoms with van der Waals surface area (Å²) >= 11 is 0. The highest BCUT2D eigenvalue weighted by Gasteiger charge is 2.33. The summed E-state index contributed by atoms with van der Waals surface area (Å²) in [5.41, 5.74) is 0.848. The van der Waals surface area contributed by atoms with Gasteiger partial charge in [-0.3, -0.25) is 4.79 Å². The number of aromatic nitrogens is 1. The number of piperidine rings is 1. The maximum atomic E-state index is 13.0. The van der Waals surface area contributed by atoms with Crippen molar-refractivity contribution >= 4 is 27.8 Å². The number of hydrogen-bond donors (Lipinski definition) is 0. The number of amides is 1. The Morgan fingerprint density at radius 3 is 2.23 bits per heavy atom. The second-order valence-corrected chi connectivity index (χ2v) is 9.75. The first-order valence-electron chi connectivity index (χ1n) is 10.7. The van der Waals surface area contributed by atoms with Gasteiger partial charge >= 0.3 is 0 Å².